The van der Waals surface area contributed by atoms with E-state index in [1.807, 2.05) is 61.5 Å². The van der Waals surface area contributed by atoms with Gasteiger partial charge in [-0.05, 0) is 30.2 Å². The maximum Gasteiger partial charge on any atom is 0.277 e. The maximum atomic E-state index is 11.9. The summed E-state index contributed by atoms with van der Waals surface area (Å²) >= 11 is 1.20. The summed E-state index contributed by atoms with van der Waals surface area (Å²) in [5.41, 5.74) is 2.17. The van der Waals surface area contributed by atoms with E-state index < -0.39 is 0 Å². The molecule has 0 radical (unpaired) electrons. The number of hydrogen-bond donors (Lipinski definition) is 1. The number of amides is 1. The zero-order chi connectivity index (χ0) is 18.2. The van der Waals surface area contributed by atoms with Gasteiger partial charge in [-0.1, -0.05) is 54.2 Å². The molecule has 0 saturated heterocycles. The topological polar surface area (TPSA) is 77.2 Å². The quantitative estimate of drug-likeness (QED) is 0.614. The Morgan fingerprint density at radius 2 is 2.00 bits per heavy atom. The Labute approximate surface area is 156 Å². The highest BCUT2D eigenvalue weighted by molar-refractivity contribution is 7.99. The van der Waals surface area contributed by atoms with E-state index in [1.54, 1.807) is 0 Å². The number of benzene rings is 2. The number of carbonyl (C=O) groups is 1. The van der Waals surface area contributed by atoms with Crippen molar-refractivity contribution in [2.45, 2.75) is 25.3 Å². The number of rotatable bonds is 8. The number of thioether (sulfide) groups is 1. The molecule has 0 saturated carbocycles. The number of ether oxygens (including phenoxy) is 1. The normalized spacial score (nSPS) is 10.5. The van der Waals surface area contributed by atoms with Crippen molar-refractivity contribution in [1.82, 2.24) is 15.5 Å². The summed E-state index contributed by atoms with van der Waals surface area (Å²) < 4.78 is 11.1. The van der Waals surface area contributed by atoms with Crippen LogP contribution in [0.1, 0.15) is 17.0 Å². The van der Waals surface area contributed by atoms with Crippen molar-refractivity contribution in [1.29, 1.82) is 0 Å². The van der Waals surface area contributed by atoms with Crippen molar-refractivity contribution in [3.8, 4) is 5.75 Å². The molecule has 0 unspecified atom stereocenters. The monoisotopic (exact) mass is 369 g/mol. The highest BCUT2D eigenvalue weighted by Crippen LogP contribution is 2.18. The SMILES string of the molecule is Cc1cccc(OCc2nnc(SCC(=O)NCc3ccccc3)o2)c1. The Balaban J connectivity index is 1.41. The second-order valence-corrected chi connectivity index (χ2v) is 6.54. The Kier molecular flexibility index (Phi) is 6.27. The average Bonchev–Trinajstić information content (AvgIpc) is 3.12. The molecule has 0 aliphatic carbocycles. The smallest absolute Gasteiger partial charge is 0.277 e. The molecule has 7 heteroatoms. The number of nitrogens with one attached hydrogen (secondary N) is 1. The average molecular weight is 369 g/mol. The van der Waals surface area contributed by atoms with Gasteiger partial charge in [-0.25, -0.2) is 0 Å². The summed E-state index contributed by atoms with van der Waals surface area (Å²) in [6.45, 7) is 2.69. The molecule has 2 aromatic carbocycles. The number of aryl methyl sites for hydroxylation is 1. The third kappa shape index (κ3) is 5.63. The van der Waals surface area contributed by atoms with Crippen LogP contribution in [0, 0.1) is 6.92 Å². The molecule has 6 nitrogen and oxygen atoms in total. The number of aromatic nitrogens is 2. The van der Waals surface area contributed by atoms with Crippen molar-refractivity contribution in [3.63, 3.8) is 0 Å². The molecule has 1 N–H and O–H groups in total. The Morgan fingerprint density at radius 1 is 1.15 bits per heavy atom. The summed E-state index contributed by atoms with van der Waals surface area (Å²) in [6, 6.07) is 17.5. The van der Waals surface area contributed by atoms with Gasteiger partial charge in [0.05, 0.1) is 5.75 Å². The molecule has 26 heavy (non-hydrogen) atoms. The molecule has 3 rings (SSSR count). The molecule has 0 atom stereocenters. The van der Waals surface area contributed by atoms with Crippen LogP contribution in [0.5, 0.6) is 5.75 Å². The molecule has 0 spiro atoms. The predicted molar refractivity (Wildman–Crippen MR) is 98.8 cm³/mol. The first-order valence-electron chi connectivity index (χ1n) is 8.14. The second kappa shape index (κ2) is 9.05. The van der Waals surface area contributed by atoms with Gasteiger partial charge < -0.3 is 14.5 Å². The van der Waals surface area contributed by atoms with Crippen molar-refractivity contribution < 1.29 is 13.9 Å². The van der Waals surface area contributed by atoms with Crippen LogP contribution in [0.4, 0.5) is 0 Å². The summed E-state index contributed by atoms with van der Waals surface area (Å²) in [5.74, 6) is 1.25. The van der Waals surface area contributed by atoms with Crippen molar-refractivity contribution in [3.05, 3.63) is 71.6 Å². The molecule has 3 aromatic rings. The second-order valence-electron chi connectivity index (χ2n) is 5.62. The van der Waals surface area contributed by atoms with E-state index in [0.29, 0.717) is 17.7 Å². The van der Waals surface area contributed by atoms with Crippen LogP contribution in [0.15, 0.2) is 64.2 Å². The summed E-state index contributed by atoms with van der Waals surface area (Å²) in [6.07, 6.45) is 0. The number of hydrogen-bond acceptors (Lipinski definition) is 6. The lowest BCUT2D eigenvalue weighted by Crippen LogP contribution is -2.24. The molecule has 0 aliphatic heterocycles. The molecular formula is C19H19N3O3S. The van der Waals surface area contributed by atoms with Crippen LogP contribution in [-0.4, -0.2) is 21.9 Å². The van der Waals surface area contributed by atoms with Crippen LogP contribution in [0.25, 0.3) is 0 Å². The van der Waals surface area contributed by atoms with Crippen molar-refractivity contribution in [2.24, 2.45) is 0 Å². The summed E-state index contributed by atoms with van der Waals surface area (Å²) in [5, 5.41) is 11.1. The van der Waals surface area contributed by atoms with E-state index in [-0.39, 0.29) is 18.3 Å². The van der Waals surface area contributed by atoms with Gasteiger partial charge in [0.25, 0.3) is 11.1 Å². The molecule has 1 heterocycles. The van der Waals surface area contributed by atoms with Gasteiger partial charge in [-0.15, -0.1) is 10.2 Å². The largest absolute Gasteiger partial charge is 0.484 e. The predicted octanol–water partition coefficient (Wildman–Crippen LogP) is 3.37. The van der Waals surface area contributed by atoms with Gasteiger partial charge in [-0.3, -0.25) is 4.79 Å². The van der Waals surface area contributed by atoms with E-state index in [1.165, 1.54) is 11.8 Å². The fraction of sp³-hybridized carbons (Fsp3) is 0.211. The van der Waals surface area contributed by atoms with Crippen LogP contribution >= 0.6 is 11.8 Å². The summed E-state index contributed by atoms with van der Waals surface area (Å²) in [7, 11) is 0. The molecule has 1 aromatic heterocycles. The van der Waals surface area contributed by atoms with Gasteiger partial charge in [0.2, 0.25) is 5.91 Å². The zero-order valence-corrected chi connectivity index (χ0v) is 15.2. The van der Waals surface area contributed by atoms with E-state index in [4.69, 9.17) is 9.15 Å². The highest BCUT2D eigenvalue weighted by Gasteiger charge is 2.10. The zero-order valence-electron chi connectivity index (χ0n) is 14.3. The first-order chi connectivity index (χ1) is 12.7. The Hall–Kier alpha value is -2.80. The van der Waals surface area contributed by atoms with Gasteiger partial charge in [0, 0.05) is 6.54 Å². The Morgan fingerprint density at radius 3 is 2.81 bits per heavy atom. The van der Waals surface area contributed by atoms with Gasteiger partial charge in [0.1, 0.15) is 5.75 Å². The molecule has 0 fully saturated rings. The van der Waals surface area contributed by atoms with Crippen LogP contribution in [0.3, 0.4) is 0 Å². The minimum absolute atomic E-state index is 0.0883. The van der Waals surface area contributed by atoms with Crippen LogP contribution in [-0.2, 0) is 17.9 Å². The first kappa shape index (κ1) is 18.0. The van der Waals surface area contributed by atoms with Gasteiger partial charge >= 0.3 is 0 Å². The minimum Gasteiger partial charge on any atom is -0.484 e. The standard InChI is InChI=1S/C19H19N3O3S/c1-14-6-5-9-16(10-14)24-12-18-21-22-19(25-18)26-13-17(23)20-11-15-7-3-2-4-8-15/h2-10H,11-13H2,1H3,(H,20,23). The third-order valence-electron chi connectivity index (χ3n) is 3.46. The fourth-order valence-corrected chi connectivity index (χ4v) is 2.79. The molecule has 0 bridgehead atoms. The highest BCUT2D eigenvalue weighted by atomic mass is 32.2. The van der Waals surface area contributed by atoms with E-state index in [0.717, 1.165) is 16.9 Å². The Bertz CT molecular complexity index is 852. The first-order valence-corrected chi connectivity index (χ1v) is 9.13. The van der Waals surface area contributed by atoms with Crippen LogP contribution in [0.2, 0.25) is 0 Å². The third-order valence-corrected chi connectivity index (χ3v) is 4.28. The molecular weight excluding hydrogens is 350 g/mol. The molecule has 134 valence electrons. The summed E-state index contributed by atoms with van der Waals surface area (Å²) in [4.78, 5) is 11.9. The number of carbonyl (C=O) groups excluding carboxylic acids is 1. The fourth-order valence-electron chi connectivity index (χ4n) is 2.18. The number of nitrogens with zero attached hydrogens (tertiary/aromatic N) is 2. The van der Waals surface area contributed by atoms with Gasteiger partial charge in [-0.2, -0.15) is 0 Å². The van der Waals surface area contributed by atoms with Crippen molar-refractivity contribution >= 4 is 17.7 Å². The lowest BCUT2D eigenvalue weighted by molar-refractivity contribution is -0.118. The lowest BCUT2D eigenvalue weighted by Gasteiger charge is -2.04. The van der Waals surface area contributed by atoms with E-state index >= 15 is 0 Å². The van der Waals surface area contributed by atoms with Crippen molar-refractivity contribution in [2.75, 3.05) is 5.75 Å². The van der Waals surface area contributed by atoms with Gasteiger partial charge in [0.15, 0.2) is 6.61 Å². The lowest BCUT2D eigenvalue weighted by atomic mass is 10.2. The molecule has 0 aliphatic rings. The minimum atomic E-state index is -0.0883. The van der Waals surface area contributed by atoms with E-state index in [9.17, 15) is 4.79 Å². The van der Waals surface area contributed by atoms with E-state index in [2.05, 4.69) is 15.5 Å². The molecule has 1 amide bonds. The maximum absolute atomic E-state index is 11.9. The van der Waals surface area contributed by atoms with Crippen LogP contribution < -0.4 is 10.1 Å².